The van der Waals surface area contributed by atoms with E-state index >= 15 is 0 Å². The first-order chi connectivity index (χ1) is 13.0. The van der Waals surface area contributed by atoms with E-state index < -0.39 is 6.04 Å². The number of methoxy groups -OCH3 is 1. The predicted molar refractivity (Wildman–Crippen MR) is 109 cm³/mol. The highest BCUT2D eigenvalue weighted by Gasteiger charge is 2.25. The number of hydrogen-bond donors (Lipinski definition) is 1. The molecule has 0 aromatic heterocycles. The summed E-state index contributed by atoms with van der Waals surface area (Å²) in [6.45, 7) is 4.51. The maximum absolute atomic E-state index is 12.9. The molecular weight excluding hydrogens is 360 g/mol. The van der Waals surface area contributed by atoms with Crippen molar-refractivity contribution in [3.63, 3.8) is 0 Å². The van der Waals surface area contributed by atoms with Crippen LogP contribution in [-0.2, 0) is 16.1 Å². The molecule has 0 bridgehead atoms. The molecule has 1 atom stereocenters. The lowest BCUT2D eigenvalue weighted by molar-refractivity contribution is -0.138. The van der Waals surface area contributed by atoms with Crippen LogP contribution in [0.5, 0.6) is 5.75 Å². The molecule has 2 aromatic rings. The Morgan fingerprint density at radius 1 is 1.15 bits per heavy atom. The molecule has 0 aliphatic carbocycles. The van der Waals surface area contributed by atoms with Crippen molar-refractivity contribution in [2.75, 3.05) is 19.4 Å². The molecule has 0 heterocycles. The molecule has 27 heavy (non-hydrogen) atoms. The van der Waals surface area contributed by atoms with Crippen molar-refractivity contribution in [1.29, 1.82) is 0 Å². The summed E-state index contributed by atoms with van der Waals surface area (Å²) in [5.41, 5.74) is 0.920. The molecule has 0 radical (unpaired) electrons. The second kappa shape index (κ2) is 10.6. The standard InChI is InChI=1S/C21H26N2O3S/c1-4-22-21(25)16(2)23(14-17-9-8-10-18(13-17)26-3)20(24)15-27-19-11-6-5-7-12-19/h5-13,16H,4,14-15H2,1-3H3,(H,22,25)/t16-/m1/s1. The average molecular weight is 387 g/mol. The molecule has 1 N–H and O–H groups in total. The van der Waals surface area contributed by atoms with E-state index in [4.69, 9.17) is 4.74 Å². The molecule has 0 aliphatic rings. The van der Waals surface area contributed by atoms with Gasteiger partial charge in [-0.2, -0.15) is 0 Å². The Kier molecular flexibility index (Phi) is 8.20. The second-order valence-electron chi connectivity index (χ2n) is 6.05. The summed E-state index contributed by atoms with van der Waals surface area (Å²) in [6, 6.07) is 16.8. The summed E-state index contributed by atoms with van der Waals surface area (Å²) >= 11 is 1.47. The monoisotopic (exact) mass is 386 g/mol. The van der Waals surface area contributed by atoms with Gasteiger partial charge < -0.3 is 15.0 Å². The first-order valence-electron chi connectivity index (χ1n) is 8.93. The summed E-state index contributed by atoms with van der Waals surface area (Å²) in [6.07, 6.45) is 0. The Morgan fingerprint density at radius 2 is 1.89 bits per heavy atom. The van der Waals surface area contributed by atoms with Gasteiger partial charge in [0.15, 0.2) is 0 Å². The van der Waals surface area contributed by atoms with Crippen LogP contribution in [0.2, 0.25) is 0 Å². The van der Waals surface area contributed by atoms with E-state index in [0.717, 1.165) is 16.2 Å². The van der Waals surface area contributed by atoms with Gasteiger partial charge in [-0.05, 0) is 43.7 Å². The molecule has 0 fully saturated rings. The van der Waals surface area contributed by atoms with Gasteiger partial charge in [-0.25, -0.2) is 0 Å². The van der Waals surface area contributed by atoms with Gasteiger partial charge in [0.25, 0.3) is 0 Å². The second-order valence-corrected chi connectivity index (χ2v) is 7.09. The molecule has 2 aromatic carbocycles. The molecule has 5 nitrogen and oxygen atoms in total. The summed E-state index contributed by atoms with van der Waals surface area (Å²) in [5, 5.41) is 2.80. The predicted octanol–water partition coefficient (Wildman–Crippen LogP) is 3.34. The van der Waals surface area contributed by atoms with Gasteiger partial charge in [0.05, 0.1) is 12.9 Å². The minimum Gasteiger partial charge on any atom is -0.497 e. The van der Waals surface area contributed by atoms with Crippen molar-refractivity contribution >= 4 is 23.6 Å². The van der Waals surface area contributed by atoms with Crippen LogP contribution in [0.1, 0.15) is 19.4 Å². The highest BCUT2D eigenvalue weighted by atomic mass is 32.2. The number of carbonyl (C=O) groups excluding carboxylic acids is 2. The maximum Gasteiger partial charge on any atom is 0.242 e. The Hall–Kier alpha value is -2.47. The van der Waals surface area contributed by atoms with E-state index in [2.05, 4.69) is 5.32 Å². The number of hydrogen-bond acceptors (Lipinski definition) is 4. The molecule has 0 spiro atoms. The zero-order chi connectivity index (χ0) is 19.6. The molecule has 144 valence electrons. The van der Waals surface area contributed by atoms with Crippen LogP contribution in [0, 0.1) is 0 Å². The van der Waals surface area contributed by atoms with Gasteiger partial charge in [0.2, 0.25) is 11.8 Å². The van der Waals surface area contributed by atoms with Crippen molar-refractivity contribution < 1.29 is 14.3 Å². The Morgan fingerprint density at radius 3 is 2.56 bits per heavy atom. The number of likely N-dealkylation sites (N-methyl/N-ethyl adjacent to an activating group) is 1. The molecule has 2 amide bonds. The SMILES string of the molecule is CCNC(=O)[C@@H](C)N(Cc1cccc(OC)c1)C(=O)CSc1ccccc1. The van der Waals surface area contributed by atoms with Crippen LogP contribution in [-0.4, -0.2) is 42.2 Å². The number of carbonyl (C=O) groups is 2. The van der Waals surface area contributed by atoms with Crippen molar-refractivity contribution in [3.8, 4) is 5.75 Å². The quantitative estimate of drug-likeness (QED) is 0.672. The van der Waals surface area contributed by atoms with E-state index in [-0.39, 0.29) is 17.6 Å². The Labute approximate surface area is 165 Å². The molecular formula is C21H26N2O3S. The van der Waals surface area contributed by atoms with E-state index in [1.54, 1.807) is 18.9 Å². The zero-order valence-electron chi connectivity index (χ0n) is 16.0. The van der Waals surface area contributed by atoms with Gasteiger partial charge in [-0.3, -0.25) is 9.59 Å². The van der Waals surface area contributed by atoms with E-state index in [0.29, 0.717) is 13.1 Å². The molecule has 6 heteroatoms. The molecule has 0 aliphatic heterocycles. The van der Waals surface area contributed by atoms with E-state index in [1.807, 2.05) is 61.5 Å². The third-order valence-electron chi connectivity index (χ3n) is 4.11. The third-order valence-corrected chi connectivity index (χ3v) is 5.11. The first kappa shape index (κ1) is 20.8. The molecule has 2 rings (SSSR count). The lowest BCUT2D eigenvalue weighted by atomic mass is 10.1. The average Bonchev–Trinajstić information content (AvgIpc) is 2.70. The van der Waals surface area contributed by atoms with Crippen molar-refractivity contribution in [1.82, 2.24) is 10.2 Å². The van der Waals surface area contributed by atoms with Gasteiger partial charge in [-0.1, -0.05) is 30.3 Å². The number of nitrogens with zero attached hydrogens (tertiary/aromatic N) is 1. The smallest absolute Gasteiger partial charge is 0.242 e. The van der Waals surface area contributed by atoms with Crippen molar-refractivity contribution in [2.45, 2.75) is 31.3 Å². The van der Waals surface area contributed by atoms with E-state index in [1.165, 1.54) is 11.8 Å². The fourth-order valence-electron chi connectivity index (χ4n) is 2.62. The Bertz CT molecular complexity index is 752. The molecule has 0 saturated heterocycles. The van der Waals surface area contributed by atoms with Gasteiger partial charge >= 0.3 is 0 Å². The number of rotatable bonds is 9. The third kappa shape index (κ3) is 6.32. The summed E-state index contributed by atoms with van der Waals surface area (Å²) in [4.78, 5) is 27.9. The molecule has 0 unspecified atom stereocenters. The van der Waals surface area contributed by atoms with Gasteiger partial charge in [-0.15, -0.1) is 11.8 Å². The fraction of sp³-hybridized carbons (Fsp3) is 0.333. The topological polar surface area (TPSA) is 58.6 Å². The van der Waals surface area contributed by atoms with Crippen molar-refractivity contribution in [3.05, 3.63) is 60.2 Å². The fourth-order valence-corrected chi connectivity index (χ4v) is 3.42. The number of benzene rings is 2. The zero-order valence-corrected chi connectivity index (χ0v) is 16.8. The number of nitrogens with one attached hydrogen (secondary N) is 1. The lowest BCUT2D eigenvalue weighted by Crippen LogP contribution is -2.48. The number of ether oxygens (including phenoxy) is 1. The molecule has 0 saturated carbocycles. The van der Waals surface area contributed by atoms with Crippen molar-refractivity contribution in [2.24, 2.45) is 0 Å². The number of amides is 2. The summed E-state index contributed by atoms with van der Waals surface area (Å²) in [5.74, 6) is 0.769. The van der Waals surface area contributed by atoms with Gasteiger partial charge in [0.1, 0.15) is 11.8 Å². The Balaban J connectivity index is 2.14. The van der Waals surface area contributed by atoms with Crippen LogP contribution < -0.4 is 10.1 Å². The van der Waals surface area contributed by atoms with E-state index in [9.17, 15) is 9.59 Å². The van der Waals surface area contributed by atoms with Crippen LogP contribution in [0.3, 0.4) is 0 Å². The van der Waals surface area contributed by atoms with Crippen LogP contribution in [0.15, 0.2) is 59.5 Å². The highest BCUT2D eigenvalue weighted by molar-refractivity contribution is 8.00. The lowest BCUT2D eigenvalue weighted by Gasteiger charge is -2.28. The normalized spacial score (nSPS) is 11.5. The minimum atomic E-state index is -0.556. The first-order valence-corrected chi connectivity index (χ1v) is 9.91. The van der Waals surface area contributed by atoms with Crippen LogP contribution in [0.4, 0.5) is 0 Å². The van der Waals surface area contributed by atoms with Gasteiger partial charge in [0, 0.05) is 18.0 Å². The number of thioether (sulfide) groups is 1. The van der Waals surface area contributed by atoms with Crippen LogP contribution >= 0.6 is 11.8 Å². The minimum absolute atomic E-state index is 0.0783. The van der Waals surface area contributed by atoms with Crippen LogP contribution in [0.25, 0.3) is 0 Å². The summed E-state index contributed by atoms with van der Waals surface area (Å²) < 4.78 is 5.26. The maximum atomic E-state index is 12.9. The highest BCUT2D eigenvalue weighted by Crippen LogP contribution is 2.20. The summed E-state index contributed by atoms with van der Waals surface area (Å²) in [7, 11) is 1.61. The largest absolute Gasteiger partial charge is 0.497 e.